The van der Waals surface area contributed by atoms with E-state index in [0.717, 1.165) is 55.9 Å². The third-order valence-electron chi connectivity index (χ3n) is 10.9. The lowest BCUT2D eigenvalue weighted by molar-refractivity contribution is -0.140. The molecule has 0 spiro atoms. The van der Waals surface area contributed by atoms with Crippen LogP contribution in [0, 0.1) is 12.8 Å². The number of nitrogens with two attached hydrogens (primary N) is 1. The van der Waals surface area contributed by atoms with Gasteiger partial charge in [-0.05, 0) is 77.3 Å². The van der Waals surface area contributed by atoms with Crippen LogP contribution in [0.15, 0.2) is 30.4 Å². The summed E-state index contributed by atoms with van der Waals surface area (Å²) >= 11 is 0. The number of allylic oxidation sites excluding steroid dienone is 1. The number of amides is 3. The molecule has 13 nitrogen and oxygen atoms in total. The van der Waals surface area contributed by atoms with Crippen molar-refractivity contribution in [1.82, 2.24) is 19.9 Å². The quantitative estimate of drug-likeness (QED) is 0.339. The molecule has 2 aliphatic carbocycles. The molecule has 5 atom stereocenters. The summed E-state index contributed by atoms with van der Waals surface area (Å²) in [5.74, 6) is -0.702. The van der Waals surface area contributed by atoms with Crippen molar-refractivity contribution in [3.8, 4) is 17.4 Å². The van der Waals surface area contributed by atoms with Gasteiger partial charge in [-0.25, -0.2) is 13.4 Å². The summed E-state index contributed by atoms with van der Waals surface area (Å²) in [5, 5.41) is 3.54. The smallest absolute Gasteiger partial charge is 0.256 e. The van der Waals surface area contributed by atoms with Gasteiger partial charge in [0.1, 0.15) is 35.8 Å². The second-order valence-electron chi connectivity index (χ2n) is 14.8. The summed E-state index contributed by atoms with van der Waals surface area (Å²) in [7, 11) is -2.35. The van der Waals surface area contributed by atoms with E-state index in [2.05, 4.69) is 10.0 Å². The summed E-state index contributed by atoms with van der Waals surface area (Å²) in [6.07, 6.45) is 10.9. The van der Waals surface area contributed by atoms with Crippen molar-refractivity contribution in [3.63, 3.8) is 0 Å². The summed E-state index contributed by atoms with van der Waals surface area (Å²) in [6, 6.07) is 2.44. The van der Waals surface area contributed by atoms with Crippen molar-refractivity contribution in [2.45, 2.75) is 126 Å². The maximum Gasteiger partial charge on any atom is 0.256 e. The van der Waals surface area contributed by atoms with Gasteiger partial charge in [0.05, 0.1) is 30.0 Å². The Morgan fingerprint density at radius 1 is 1.06 bits per heavy atom. The van der Waals surface area contributed by atoms with Crippen LogP contribution in [-0.2, 0) is 24.4 Å². The number of ether oxygens (including phenoxy) is 3. The molecule has 3 fully saturated rings. The van der Waals surface area contributed by atoms with Gasteiger partial charge in [-0.15, -0.1) is 0 Å². The van der Waals surface area contributed by atoms with Crippen LogP contribution in [0.2, 0.25) is 0 Å². The van der Waals surface area contributed by atoms with Gasteiger partial charge in [-0.3, -0.25) is 19.1 Å². The average molecular weight is 726 g/mol. The molecule has 3 amide bonds. The topological polar surface area (TPSA) is 179 Å². The molecule has 2 aliphatic heterocycles. The van der Waals surface area contributed by atoms with Crippen LogP contribution in [0.5, 0.6) is 17.4 Å². The molecule has 0 bridgehead atoms. The van der Waals surface area contributed by atoms with Crippen LogP contribution in [0.3, 0.4) is 0 Å². The molecule has 4 aliphatic rings. The van der Waals surface area contributed by atoms with E-state index in [4.69, 9.17) is 24.9 Å². The van der Waals surface area contributed by atoms with E-state index in [1.165, 1.54) is 4.90 Å². The number of sulfonamides is 1. The van der Waals surface area contributed by atoms with E-state index in [-0.39, 0.29) is 25.0 Å². The zero-order valence-electron chi connectivity index (χ0n) is 30.0. The van der Waals surface area contributed by atoms with Crippen molar-refractivity contribution in [2.24, 2.45) is 11.7 Å². The fraction of sp³-hybridized carbons (Fsp3) is 0.622. The summed E-state index contributed by atoms with van der Waals surface area (Å²) in [6.45, 7) is 5.36. The summed E-state index contributed by atoms with van der Waals surface area (Å²) in [5.41, 5.74) is 7.92. The molecule has 6 rings (SSSR count). The molecular formula is C37H51N5O8S. The number of aryl methyl sites for hydroxylation is 1. The summed E-state index contributed by atoms with van der Waals surface area (Å²) < 4.78 is 45.6. The Bertz CT molecular complexity index is 1790. The van der Waals surface area contributed by atoms with Gasteiger partial charge < -0.3 is 30.2 Å². The Morgan fingerprint density at radius 3 is 2.51 bits per heavy atom. The van der Waals surface area contributed by atoms with Gasteiger partial charge in [-0.2, -0.15) is 0 Å². The largest absolute Gasteiger partial charge is 0.496 e. The van der Waals surface area contributed by atoms with E-state index >= 15 is 0 Å². The predicted octanol–water partition coefficient (Wildman–Crippen LogP) is 3.80. The SMILES string of the molecule is COc1ccc2c(OC3CC4C(=O)NC(C(=O)NS(=O)(=O)C5(C)CC5)C(C)C=CCCCCCC(N)C(=O)N4C3)cc(OC3CCC3)nc2c1C. The maximum atomic E-state index is 14.2. The number of benzene rings is 1. The van der Waals surface area contributed by atoms with Crippen molar-refractivity contribution in [2.75, 3.05) is 13.7 Å². The van der Waals surface area contributed by atoms with Gasteiger partial charge in [0.2, 0.25) is 27.7 Å². The fourth-order valence-corrected chi connectivity index (χ4v) is 8.24. The molecule has 1 aromatic carbocycles. The minimum atomic E-state index is -3.95. The first-order chi connectivity index (χ1) is 24.3. The normalized spacial score (nSPS) is 27.4. The highest BCUT2D eigenvalue weighted by Gasteiger charge is 2.51. The maximum absolute atomic E-state index is 14.2. The van der Waals surface area contributed by atoms with E-state index in [1.54, 1.807) is 27.0 Å². The van der Waals surface area contributed by atoms with Crippen molar-refractivity contribution >= 4 is 38.6 Å². The van der Waals surface area contributed by atoms with E-state index < -0.39 is 56.7 Å². The molecule has 51 heavy (non-hydrogen) atoms. The van der Waals surface area contributed by atoms with Crippen molar-refractivity contribution < 1.29 is 37.0 Å². The van der Waals surface area contributed by atoms with Gasteiger partial charge in [0, 0.05) is 29.4 Å². The van der Waals surface area contributed by atoms with Gasteiger partial charge in [0.15, 0.2) is 0 Å². The van der Waals surface area contributed by atoms with Gasteiger partial charge in [-0.1, -0.05) is 31.9 Å². The minimum Gasteiger partial charge on any atom is -0.496 e. The Hall–Kier alpha value is -3.91. The zero-order chi connectivity index (χ0) is 36.5. The number of rotatable bonds is 8. The molecule has 2 aromatic rings. The molecule has 2 saturated carbocycles. The van der Waals surface area contributed by atoms with Crippen molar-refractivity contribution in [3.05, 3.63) is 35.9 Å². The second kappa shape index (κ2) is 15.0. The lowest BCUT2D eigenvalue weighted by atomic mass is 9.96. The van der Waals surface area contributed by atoms with E-state index in [1.807, 2.05) is 31.2 Å². The molecular weight excluding hydrogens is 675 g/mol. The van der Waals surface area contributed by atoms with Crippen LogP contribution in [0.1, 0.15) is 90.0 Å². The van der Waals surface area contributed by atoms with E-state index in [9.17, 15) is 22.8 Å². The lowest BCUT2D eigenvalue weighted by Gasteiger charge is -2.29. The zero-order valence-corrected chi connectivity index (χ0v) is 30.8. The number of hydrogen-bond donors (Lipinski definition) is 3. The monoisotopic (exact) mass is 725 g/mol. The molecule has 278 valence electrons. The van der Waals surface area contributed by atoms with Gasteiger partial charge >= 0.3 is 0 Å². The molecule has 0 radical (unpaired) electrons. The van der Waals surface area contributed by atoms with E-state index in [0.29, 0.717) is 42.2 Å². The molecule has 5 unspecified atom stereocenters. The van der Waals surface area contributed by atoms with Crippen LogP contribution < -0.4 is 30.0 Å². The molecule has 3 heterocycles. The number of carbonyl (C=O) groups excluding carboxylic acids is 3. The highest BCUT2D eigenvalue weighted by Crippen LogP contribution is 2.42. The molecule has 1 saturated heterocycles. The van der Waals surface area contributed by atoms with Gasteiger partial charge in [0.25, 0.3) is 5.91 Å². The Morgan fingerprint density at radius 2 is 1.82 bits per heavy atom. The van der Waals surface area contributed by atoms with Crippen LogP contribution in [0.4, 0.5) is 0 Å². The van der Waals surface area contributed by atoms with Crippen LogP contribution in [0.25, 0.3) is 10.9 Å². The lowest BCUT2D eigenvalue weighted by Crippen LogP contribution is -2.57. The third kappa shape index (κ3) is 7.96. The standard InChI is InChI=1S/C37H51N5O8S/c1-22-11-8-6-5-7-9-14-27(38)36(45)42-21-25(19-28(42)34(43)40-32(22)35(44)41-51(46,47)37(3)17-18-37)49-30-20-31(50-24-12-10-13-24)39-33-23(2)29(48-4)16-15-26(30)33/h8,11,15-16,20,22,24-25,27-28,32H,5-7,9-10,12-14,17-19,21,38H2,1-4H3,(H,40,43)(H,41,44). The first kappa shape index (κ1) is 36.9. The number of nitrogens with one attached hydrogen (secondary N) is 2. The van der Waals surface area contributed by atoms with Crippen LogP contribution >= 0.6 is 0 Å². The number of fused-ring (bicyclic) bond motifs is 2. The third-order valence-corrected chi connectivity index (χ3v) is 13.1. The highest BCUT2D eigenvalue weighted by atomic mass is 32.2. The highest BCUT2D eigenvalue weighted by molar-refractivity contribution is 7.91. The second-order valence-corrected chi connectivity index (χ2v) is 17.0. The molecule has 14 heteroatoms. The Labute approximate surface area is 300 Å². The summed E-state index contributed by atoms with van der Waals surface area (Å²) in [4.78, 5) is 47.9. The number of pyridine rings is 1. The average Bonchev–Trinajstić information content (AvgIpc) is 3.71. The number of nitrogens with zero attached hydrogens (tertiary/aromatic N) is 2. The Balaban J connectivity index is 1.30. The first-order valence-electron chi connectivity index (χ1n) is 18.2. The number of methoxy groups -OCH3 is 1. The fourth-order valence-electron chi connectivity index (χ4n) is 6.96. The molecule has 1 aromatic heterocycles. The molecule has 4 N–H and O–H groups in total. The number of carbonyl (C=O) groups is 3. The number of aromatic nitrogens is 1. The van der Waals surface area contributed by atoms with Crippen LogP contribution in [-0.4, -0.2) is 84.8 Å². The Kier molecular flexibility index (Phi) is 10.8. The van der Waals surface area contributed by atoms with Crippen molar-refractivity contribution in [1.29, 1.82) is 0 Å². The minimum absolute atomic E-state index is 0.0766. The predicted molar refractivity (Wildman–Crippen MR) is 192 cm³/mol. The number of hydrogen-bond acceptors (Lipinski definition) is 10. The first-order valence-corrected chi connectivity index (χ1v) is 19.7.